The molecule has 0 aliphatic rings. The number of halogens is 2. The van der Waals surface area contributed by atoms with Crippen molar-refractivity contribution >= 4 is 28.8 Å². The van der Waals surface area contributed by atoms with E-state index in [1.807, 2.05) is 18.3 Å². The predicted octanol–water partition coefficient (Wildman–Crippen LogP) is 4.29. The van der Waals surface area contributed by atoms with Gasteiger partial charge in [0.25, 0.3) is 0 Å². The van der Waals surface area contributed by atoms with Crippen LogP contribution in [-0.2, 0) is 4.84 Å². The van der Waals surface area contributed by atoms with Gasteiger partial charge in [0.2, 0.25) is 0 Å². The van der Waals surface area contributed by atoms with Gasteiger partial charge in [-0.2, -0.15) is 0 Å². The second kappa shape index (κ2) is 6.79. The fourth-order valence-corrected chi connectivity index (χ4v) is 1.96. The SMILES string of the molecule is CCCC(=CNOC)c1ccc(Cl)cc1Cl. The molecule has 1 aromatic carbocycles. The van der Waals surface area contributed by atoms with Crippen LogP contribution in [0.15, 0.2) is 24.4 Å². The smallest absolute Gasteiger partial charge is 0.0636 e. The van der Waals surface area contributed by atoms with Crippen LogP contribution in [0, 0.1) is 0 Å². The largest absolute Gasteiger partial charge is 0.280 e. The van der Waals surface area contributed by atoms with E-state index >= 15 is 0 Å². The molecule has 0 heterocycles. The Kier molecular flexibility index (Phi) is 5.67. The van der Waals surface area contributed by atoms with Gasteiger partial charge in [-0.3, -0.25) is 10.3 Å². The molecule has 0 aliphatic carbocycles. The normalized spacial score (nSPS) is 11.6. The van der Waals surface area contributed by atoms with E-state index in [4.69, 9.17) is 28.0 Å². The molecule has 0 fully saturated rings. The molecule has 4 heteroatoms. The summed E-state index contributed by atoms with van der Waals surface area (Å²) >= 11 is 12.0. The number of hydrogen-bond acceptors (Lipinski definition) is 2. The maximum Gasteiger partial charge on any atom is 0.0636 e. The molecule has 1 aromatic rings. The first-order chi connectivity index (χ1) is 7.69. The second-order valence-electron chi connectivity index (χ2n) is 3.37. The summed E-state index contributed by atoms with van der Waals surface area (Å²) in [4.78, 5) is 4.81. The molecule has 0 spiro atoms. The molecule has 16 heavy (non-hydrogen) atoms. The zero-order chi connectivity index (χ0) is 12.0. The van der Waals surface area contributed by atoms with Crippen molar-refractivity contribution in [1.29, 1.82) is 0 Å². The summed E-state index contributed by atoms with van der Waals surface area (Å²) in [5.74, 6) is 0. The first-order valence-electron chi connectivity index (χ1n) is 5.12. The quantitative estimate of drug-likeness (QED) is 0.797. The summed E-state index contributed by atoms with van der Waals surface area (Å²) < 4.78 is 0. The molecular weight excluding hydrogens is 245 g/mol. The lowest BCUT2D eigenvalue weighted by Gasteiger charge is -2.09. The topological polar surface area (TPSA) is 21.3 Å². The number of allylic oxidation sites excluding steroid dienone is 1. The highest BCUT2D eigenvalue weighted by Crippen LogP contribution is 2.29. The van der Waals surface area contributed by atoms with Crippen LogP contribution in [0.4, 0.5) is 0 Å². The van der Waals surface area contributed by atoms with E-state index in [1.165, 1.54) is 0 Å². The first kappa shape index (κ1) is 13.4. The van der Waals surface area contributed by atoms with E-state index in [1.54, 1.807) is 13.2 Å². The Balaban J connectivity index is 3.00. The van der Waals surface area contributed by atoms with E-state index in [2.05, 4.69) is 12.4 Å². The van der Waals surface area contributed by atoms with Crippen LogP contribution in [0.25, 0.3) is 5.57 Å². The molecule has 1 N–H and O–H groups in total. The Morgan fingerprint density at radius 1 is 1.44 bits per heavy atom. The van der Waals surface area contributed by atoms with E-state index in [0.29, 0.717) is 10.0 Å². The molecular formula is C12H15Cl2NO. The van der Waals surface area contributed by atoms with Crippen molar-refractivity contribution in [2.75, 3.05) is 7.11 Å². The Bertz CT molecular complexity index is 377. The molecule has 88 valence electrons. The van der Waals surface area contributed by atoms with Gasteiger partial charge in [-0.25, -0.2) is 0 Å². The van der Waals surface area contributed by atoms with Gasteiger partial charge in [-0.1, -0.05) is 42.6 Å². The summed E-state index contributed by atoms with van der Waals surface area (Å²) in [6.07, 6.45) is 3.78. The van der Waals surface area contributed by atoms with E-state index < -0.39 is 0 Å². The van der Waals surface area contributed by atoms with Crippen molar-refractivity contribution < 1.29 is 4.84 Å². The van der Waals surface area contributed by atoms with Crippen molar-refractivity contribution in [3.63, 3.8) is 0 Å². The molecule has 0 radical (unpaired) electrons. The zero-order valence-corrected chi connectivity index (χ0v) is 10.9. The molecule has 0 unspecified atom stereocenters. The van der Waals surface area contributed by atoms with Crippen molar-refractivity contribution in [2.45, 2.75) is 19.8 Å². The molecule has 0 atom stereocenters. The third-order valence-electron chi connectivity index (χ3n) is 2.15. The second-order valence-corrected chi connectivity index (χ2v) is 4.21. The number of nitrogens with one attached hydrogen (secondary N) is 1. The van der Waals surface area contributed by atoms with Gasteiger partial charge in [0.05, 0.1) is 7.11 Å². The van der Waals surface area contributed by atoms with Gasteiger partial charge in [0, 0.05) is 16.2 Å². The minimum atomic E-state index is 0.643. The molecule has 0 saturated heterocycles. The van der Waals surface area contributed by atoms with Gasteiger partial charge in [0.1, 0.15) is 0 Å². The molecule has 2 nitrogen and oxygen atoms in total. The lowest BCUT2D eigenvalue weighted by molar-refractivity contribution is 0.128. The van der Waals surface area contributed by atoms with Crippen LogP contribution in [0.3, 0.4) is 0 Å². The fraction of sp³-hybridized carbons (Fsp3) is 0.333. The number of hydroxylamine groups is 1. The van der Waals surface area contributed by atoms with E-state index in [-0.39, 0.29) is 0 Å². The number of rotatable bonds is 5. The zero-order valence-electron chi connectivity index (χ0n) is 9.39. The summed E-state index contributed by atoms with van der Waals surface area (Å²) in [5.41, 5.74) is 4.81. The first-order valence-corrected chi connectivity index (χ1v) is 5.87. The molecule has 1 rings (SSSR count). The molecule has 0 amide bonds. The Morgan fingerprint density at radius 3 is 2.75 bits per heavy atom. The third kappa shape index (κ3) is 3.71. The van der Waals surface area contributed by atoms with E-state index in [0.717, 1.165) is 24.0 Å². The molecule has 0 bridgehead atoms. The Labute approximate surface area is 106 Å². The minimum absolute atomic E-state index is 0.643. The summed E-state index contributed by atoms with van der Waals surface area (Å²) in [6, 6.07) is 5.50. The highest BCUT2D eigenvalue weighted by Gasteiger charge is 2.06. The van der Waals surface area contributed by atoms with Crippen LogP contribution in [0.5, 0.6) is 0 Å². The van der Waals surface area contributed by atoms with Gasteiger partial charge in [-0.05, 0) is 29.7 Å². The van der Waals surface area contributed by atoms with Crippen molar-refractivity contribution in [3.05, 3.63) is 40.0 Å². The highest BCUT2D eigenvalue weighted by atomic mass is 35.5. The van der Waals surface area contributed by atoms with Crippen LogP contribution in [0.1, 0.15) is 25.3 Å². The van der Waals surface area contributed by atoms with Gasteiger partial charge in [0.15, 0.2) is 0 Å². The van der Waals surface area contributed by atoms with Crippen molar-refractivity contribution in [3.8, 4) is 0 Å². The van der Waals surface area contributed by atoms with Crippen LogP contribution in [-0.4, -0.2) is 7.11 Å². The number of benzene rings is 1. The summed E-state index contributed by atoms with van der Waals surface area (Å²) in [7, 11) is 1.57. The minimum Gasteiger partial charge on any atom is -0.280 e. The van der Waals surface area contributed by atoms with E-state index in [9.17, 15) is 0 Å². The third-order valence-corrected chi connectivity index (χ3v) is 2.70. The number of hydrogen-bond donors (Lipinski definition) is 1. The summed E-state index contributed by atoms with van der Waals surface area (Å²) in [5, 5.41) is 1.30. The predicted molar refractivity (Wildman–Crippen MR) is 69.5 cm³/mol. The maximum atomic E-state index is 6.15. The average molecular weight is 260 g/mol. The maximum absolute atomic E-state index is 6.15. The molecule has 0 saturated carbocycles. The Morgan fingerprint density at radius 2 is 2.19 bits per heavy atom. The molecule has 0 aromatic heterocycles. The lowest BCUT2D eigenvalue weighted by Crippen LogP contribution is -2.03. The summed E-state index contributed by atoms with van der Waals surface area (Å²) in [6.45, 7) is 2.12. The van der Waals surface area contributed by atoms with Gasteiger partial charge in [-0.15, -0.1) is 0 Å². The van der Waals surface area contributed by atoms with Crippen LogP contribution in [0.2, 0.25) is 10.0 Å². The fourth-order valence-electron chi connectivity index (χ4n) is 1.43. The molecule has 0 aliphatic heterocycles. The van der Waals surface area contributed by atoms with Gasteiger partial charge >= 0.3 is 0 Å². The highest BCUT2D eigenvalue weighted by molar-refractivity contribution is 6.35. The Hall–Kier alpha value is -0.700. The van der Waals surface area contributed by atoms with Crippen LogP contribution < -0.4 is 5.48 Å². The van der Waals surface area contributed by atoms with Crippen molar-refractivity contribution in [2.24, 2.45) is 0 Å². The van der Waals surface area contributed by atoms with Gasteiger partial charge < -0.3 is 0 Å². The van der Waals surface area contributed by atoms with Crippen molar-refractivity contribution in [1.82, 2.24) is 5.48 Å². The monoisotopic (exact) mass is 259 g/mol. The van der Waals surface area contributed by atoms with Crippen LogP contribution >= 0.6 is 23.2 Å². The average Bonchev–Trinajstić information content (AvgIpc) is 2.25. The lowest BCUT2D eigenvalue weighted by atomic mass is 10.0. The standard InChI is InChI=1S/C12H15Cl2NO/c1-3-4-9(8-15-16-2)11-6-5-10(13)7-12(11)14/h5-8,15H,3-4H2,1-2H3.